The first-order valence-electron chi connectivity index (χ1n) is 20.1. The van der Waals surface area contributed by atoms with E-state index in [1.165, 1.54) is 36.8 Å². The molecule has 11 heteroatoms. The van der Waals surface area contributed by atoms with Crippen LogP contribution in [-0.4, -0.2) is 89.6 Å². The zero-order chi connectivity index (χ0) is 37.6. The number of hydrogen-bond acceptors (Lipinski definition) is 8. The number of benzene rings is 2. The Bertz CT molecular complexity index is 1690. The van der Waals surface area contributed by atoms with E-state index in [1.54, 1.807) is 13.0 Å². The number of ether oxygens (including phenoxy) is 2. The highest BCUT2D eigenvalue weighted by molar-refractivity contribution is 7.90. The van der Waals surface area contributed by atoms with Gasteiger partial charge >= 0.3 is 0 Å². The summed E-state index contributed by atoms with van der Waals surface area (Å²) < 4.78 is 42.9. The van der Waals surface area contributed by atoms with E-state index in [1.807, 2.05) is 32.2 Å². The summed E-state index contributed by atoms with van der Waals surface area (Å²) in [6.45, 7) is 12.6. The molecule has 3 heterocycles. The molecule has 0 aromatic heterocycles. The standard InChI is InChI=1S/C42H61ClN4O5S/c1-5-11-32-24-36(43)15-16-37(32)35-27-47-26-34-13-17-38(34)42(51-4,29-46-22-9-7-6-8-20-44-21-23-46)19-10-12-30(2)31(3)53(49,50)45-41(48)33-14-18-40(52-28-35)39(47)25-33/h10,14-16,18-19,24-25,30-31,34-35,38,44H,5-9,11-13,17,20-23,26-29H2,1-4H3,(H,45,48)/b19-10+. The number of carbonyl (C=O) groups is 1. The number of anilines is 1. The molecule has 1 saturated carbocycles. The Hall–Kier alpha value is -2.63. The van der Waals surface area contributed by atoms with Crippen molar-refractivity contribution >= 4 is 33.2 Å². The molecule has 0 spiro atoms. The van der Waals surface area contributed by atoms with Crippen LogP contribution in [0.25, 0.3) is 0 Å². The number of hydrogen-bond donors (Lipinski definition) is 2. The largest absolute Gasteiger partial charge is 0.491 e. The fourth-order valence-electron chi connectivity index (χ4n) is 8.93. The van der Waals surface area contributed by atoms with E-state index in [0.717, 1.165) is 75.7 Å². The number of rotatable bonds is 6. The molecule has 1 aliphatic carbocycles. The van der Waals surface area contributed by atoms with Gasteiger partial charge in [0.2, 0.25) is 10.0 Å². The van der Waals surface area contributed by atoms with Crippen LogP contribution in [0.2, 0.25) is 5.02 Å². The van der Waals surface area contributed by atoms with Crippen molar-refractivity contribution in [3.8, 4) is 5.75 Å². The van der Waals surface area contributed by atoms with E-state index in [9.17, 15) is 13.2 Å². The SMILES string of the molecule is CCCc1cc(Cl)ccc1C1COc2ccc3cc2N(C1)CC1CCC1C(CN1CCCCCCNCC1)(OC)/C=C/CC(C)C(C)S(=O)(=O)NC3=O. The minimum Gasteiger partial charge on any atom is -0.491 e. The Labute approximate surface area is 323 Å². The first kappa shape index (κ1) is 40.0. The lowest BCUT2D eigenvalue weighted by atomic mass is 9.63. The molecule has 2 fully saturated rings. The Kier molecular flexibility index (Phi) is 13.5. The molecule has 4 aliphatic rings. The molecule has 6 rings (SSSR count). The minimum atomic E-state index is -3.95. The molecular formula is C42H61ClN4O5S. The normalized spacial score (nSPS) is 30.8. The quantitative estimate of drug-likeness (QED) is 0.298. The molecule has 9 nitrogen and oxygen atoms in total. The van der Waals surface area contributed by atoms with Crippen molar-refractivity contribution in [2.45, 2.75) is 95.3 Å². The third-order valence-corrected chi connectivity index (χ3v) is 14.6. The highest BCUT2D eigenvalue weighted by atomic mass is 35.5. The lowest BCUT2D eigenvalue weighted by molar-refractivity contribution is -0.0915. The van der Waals surface area contributed by atoms with Gasteiger partial charge in [-0.25, -0.2) is 13.1 Å². The predicted molar refractivity (Wildman–Crippen MR) is 215 cm³/mol. The van der Waals surface area contributed by atoms with E-state index in [2.05, 4.69) is 51.0 Å². The number of methoxy groups -OCH3 is 1. The van der Waals surface area contributed by atoms with Crippen molar-refractivity contribution in [1.29, 1.82) is 0 Å². The van der Waals surface area contributed by atoms with Crippen LogP contribution in [0.4, 0.5) is 5.69 Å². The fourth-order valence-corrected chi connectivity index (χ4v) is 10.4. The van der Waals surface area contributed by atoms with Gasteiger partial charge in [-0.2, -0.15) is 0 Å². The van der Waals surface area contributed by atoms with Crippen molar-refractivity contribution in [3.05, 3.63) is 70.3 Å². The van der Waals surface area contributed by atoms with Gasteiger partial charge in [0.05, 0.1) is 17.5 Å². The fraction of sp³-hybridized carbons (Fsp3) is 0.643. The maximum atomic E-state index is 13.6. The number of fused-ring (bicyclic) bond motifs is 2. The molecule has 2 N–H and O–H groups in total. The van der Waals surface area contributed by atoms with E-state index < -0.39 is 26.8 Å². The van der Waals surface area contributed by atoms with Crippen LogP contribution < -0.4 is 19.7 Å². The molecule has 2 aromatic carbocycles. The second-order valence-electron chi connectivity index (χ2n) is 16.0. The third-order valence-electron chi connectivity index (χ3n) is 12.5. The van der Waals surface area contributed by atoms with Gasteiger partial charge in [-0.3, -0.25) is 9.69 Å². The highest BCUT2D eigenvalue weighted by Crippen LogP contribution is 2.47. The van der Waals surface area contributed by atoms with Crippen molar-refractivity contribution < 1.29 is 22.7 Å². The van der Waals surface area contributed by atoms with Gasteiger partial charge in [-0.1, -0.05) is 62.9 Å². The maximum absolute atomic E-state index is 13.6. The van der Waals surface area contributed by atoms with Crippen LogP contribution in [0.3, 0.4) is 0 Å². The van der Waals surface area contributed by atoms with E-state index >= 15 is 0 Å². The maximum Gasteiger partial charge on any atom is 0.264 e. The van der Waals surface area contributed by atoms with Gasteiger partial charge in [0.1, 0.15) is 11.4 Å². The molecular weight excluding hydrogens is 708 g/mol. The topological polar surface area (TPSA) is 100 Å². The zero-order valence-electron chi connectivity index (χ0n) is 32.2. The van der Waals surface area contributed by atoms with Gasteiger partial charge in [0.25, 0.3) is 5.91 Å². The average molecular weight is 769 g/mol. The number of amides is 1. The van der Waals surface area contributed by atoms with E-state index in [4.69, 9.17) is 21.1 Å². The van der Waals surface area contributed by atoms with Gasteiger partial charge in [-0.15, -0.1) is 0 Å². The number of aryl methyl sites for hydroxylation is 1. The number of nitrogens with one attached hydrogen (secondary N) is 2. The Morgan fingerprint density at radius 2 is 1.85 bits per heavy atom. The van der Waals surface area contributed by atoms with Crippen LogP contribution in [-0.2, 0) is 21.2 Å². The van der Waals surface area contributed by atoms with Crippen LogP contribution >= 0.6 is 11.6 Å². The Balaban J connectivity index is 1.40. The van der Waals surface area contributed by atoms with Crippen molar-refractivity contribution in [2.24, 2.45) is 17.8 Å². The average Bonchev–Trinajstić information content (AvgIpc) is 3.30. The van der Waals surface area contributed by atoms with Crippen LogP contribution in [0.5, 0.6) is 5.75 Å². The first-order chi connectivity index (χ1) is 25.5. The summed E-state index contributed by atoms with van der Waals surface area (Å²) >= 11 is 6.50. The smallest absolute Gasteiger partial charge is 0.264 e. The van der Waals surface area contributed by atoms with Crippen LogP contribution in [0.15, 0.2) is 48.6 Å². The van der Waals surface area contributed by atoms with Gasteiger partial charge in [0, 0.05) is 56.3 Å². The summed E-state index contributed by atoms with van der Waals surface area (Å²) in [5.74, 6) is 0.543. The number of halogens is 1. The van der Waals surface area contributed by atoms with Crippen molar-refractivity contribution in [1.82, 2.24) is 14.9 Å². The van der Waals surface area contributed by atoms with Gasteiger partial charge in [0.15, 0.2) is 0 Å². The minimum absolute atomic E-state index is 0.0685. The van der Waals surface area contributed by atoms with Crippen LogP contribution in [0, 0.1) is 17.8 Å². The second kappa shape index (κ2) is 17.9. The molecule has 2 bridgehead atoms. The molecule has 6 unspecified atom stereocenters. The number of sulfonamides is 1. The molecule has 0 radical (unpaired) electrons. The van der Waals surface area contributed by atoms with Crippen LogP contribution in [0.1, 0.15) is 99.5 Å². The van der Waals surface area contributed by atoms with Gasteiger partial charge < -0.3 is 19.7 Å². The lowest BCUT2D eigenvalue weighted by Gasteiger charge is -2.51. The first-order valence-corrected chi connectivity index (χ1v) is 22.0. The Morgan fingerprint density at radius 1 is 1.02 bits per heavy atom. The molecule has 292 valence electrons. The summed E-state index contributed by atoms with van der Waals surface area (Å²) in [5.41, 5.74) is 3.07. The zero-order valence-corrected chi connectivity index (χ0v) is 33.8. The Morgan fingerprint density at radius 3 is 2.62 bits per heavy atom. The molecule has 53 heavy (non-hydrogen) atoms. The van der Waals surface area contributed by atoms with Crippen molar-refractivity contribution in [2.75, 3.05) is 64.4 Å². The highest BCUT2D eigenvalue weighted by Gasteiger charge is 2.48. The third kappa shape index (κ3) is 9.43. The molecule has 2 aromatic rings. The van der Waals surface area contributed by atoms with E-state index in [0.29, 0.717) is 36.8 Å². The summed E-state index contributed by atoms with van der Waals surface area (Å²) in [4.78, 5) is 18.6. The summed E-state index contributed by atoms with van der Waals surface area (Å²) in [6.07, 6.45) is 13.9. The summed E-state index contributed by atoms with van der Waals surface area (Å²) in [5, 5.41) is 3.60. The number of nitrogens with zero attached hydrogens (tertiary/aromatic N) is 2. The number of carbonyl (C=O) groups excluding carboxylic acids is 1. The second-order valence-corrected chi connectivity index (χ2v) is 18.5. The molecule has 1 saturated heterocycles. The molecule has 1 amide bonds. The van der Waals surface area contributed by atoms with E-state index in [-0.39, 0.29) is 17.8 Å². The number of allylic oxidation sites excluding steroid dienone is 1. The monoisotopic (exact) mass is 768 g/mol. The van der Waals surface area contributed by atoms with Crippen molar-refractivity contribution in [3.63, 3.8) is 0 Å². The summed E-state index contributed by atoms with van der Waals surface area (Å²) in [6, 6.07) is 11.5. The molecule has 6 atom stereocenters. The predicted octanol–water partition coefficient (Wildman–Crippen LogP) is 7.20. The lowest BCUT2D eigenvalue weighted by Crippen LogP contribution is -2.57. The summed E-state index contributed by atoms with van der Waals surface area (Å²) in [7, 11) is -2.09. The molecule has 3 aliphatic heterocycles. The van der Waals surface area contributed by atoms with Gasteiger partial charge in [-0.05, 0) is 118 Å².